The molecule has 1 amide bonds. The molecule has 1 aliphatic heterocycles. The van der Waals surface area contributed by atoms with Crippen LogP contribution in [-0.2, 0) is 17.9 Å². The van der Waals surface area contributed by atoms with Crippen molar-refractivity contribution in [3.05, 3.63) is 18.2 Å². The standard InChI is InChI=1S/C17H30N6O/c1-5-18-17(22-10-8-21(9-11-22)15(4)24)20-12-16-19-6-7-23(16)13-14(2)3/h6-7,14H,5,8-13H2,1-4H3,(H,18,20). The fourth-order valence-electron chi connectivity index (χ4n) is 2.86. The SMILES string of the molecule is CCNC(=NCc1nccn1CC(C)C)N1CCN(C(C)=O)CC1. The number of aliphatic imine (C=N–C) groups is 1. The van der Waals surface area contributed by atoms with E-state index in [1.54, 1.807) is 6.92 Å². The van der Waals surface area contributed by atoms with E-state index in [-0.39, 0.29) is 5.91 Å². The molecule has 0 unspecified atom stereocenters. The lowest BCUT2D eigenvalue weighted by molar-refractivity contribution is -0.130. The van der Waals surface area contributed by atoms with Gasteiger partial charge in [0.25, 0.3) is 0 Å². The maximum atomic E-state index is 11.5. The maximum absolute atomic E-state index is 11.5. The maximum Gasteiger partial charge on any atom is 0.219 e. The number of rotatable bonds is 5. The summed E-state index contributed by atoms with van der Waals surface area (Å²) in [6, 6.07) is 0. The Kier molecular flexibility index (Phi) is 6.63. The van der Waals surface area contributed by atoms with Gasteiger partial charge in [-0.1, -0.05) is 13.8 Å². The first-order valence-corrected chi connectivity index (χ1v) is 8.80. The Bertz CT molecular complexity index is 557. The quantitative estimate of drug-likeness (QED) is 0.648. The molecule has 1 aromatic rings. The van der Waals surface area contributed by atoms with E-state index >= 15 is 0 Å². The highest BCUT2D eigenvalue weighted by Gasteiger charge is 2.20. The van der Waals surface area contributed by atoms with Crippen LogP contribution in [0, 0.1) is 5.92 Å². The van der Waals surface area contributed by atoms with Crippen LogP contribution in [0.4, 0.5) is 0 Å². The molecular weight excluding hydrogens is 304 g/mol. The topological polar surface area (TPSA) is 65.8 Å². The van der Waals surface area contributed by atoms with Crippen LogP contribution in [-0.4, -0.2) is 63.9 Å². The third-order valence-corrected chi connectivity index (χ3v) is 4.09. The van der Waals surface area contributed by atoms with Crippen LogP contribution in [0.1, 0.15) is 33.5 Å². The zero-order valence-electron chi connectivity index (χ0n) is 15.3. The third kappa shape index (κ3) is 4.97. The summed E-state index contributed by atoms with van der Waals surface area (Å²) in [4.78, 5) is 24.8. The first kappa shape index (κ1) is 18.3. The van der Waals surface area contributed by atoms with E-state index in [1.807, 2.05) is 17.3 Å². The summed E-state index contributed by atoms with van der Waals surface area (Å²) in [6.45, 7) is 13.6. The summed E-state index contributed by atoms with van der Waals surface area (Å²) in [5.41, 5.74) is 0. The molecule has 1 fully saturated rings. The first-order valence-electron chi connectivity index (χ1n) is 8.80. The zero-order chi connectivity index (χ0) is 17.5. The minimum absolute atomic E-state index is 0.146. The first-order chi connectivity index (χ1) is 11.5. The van der Waals surface area contributed by atoms with Crippen molar-refractivity contribution in [2.75, 3.05) is 32.7 Å². The van der Waals surface area contributed by atoms with Crippen molar-refractivity contribution < 1.29 is 4.79 Å². The molecule has 2 heterocycles. The molecule has 0 aromatic carbocycles. The van der Waals surface area contributed by atoms with Gasteiger partial charge in [-0.15, -0.1) is 0 Å². The Hall–Kier alpha value is -2.05. The van der Waals surface area contributed by atoms with E-state index in [2.05, 4.69) is 40.5 Å². The van der Waals surface area contributed by atoms with E-state index in [1.165, 1.54) is 0 Å². The van der Waals surface area contributed by atoms with E-state index in [0.29, 0.717) is 12.5 Å². The van der Waals surface area contributed by atoms with Gasteiger partial charge in [0.15, 0.2) is 5.96 Å². The fraction of sp³-hybridized carbons (Fsp3) is 0.706. The van der Waals surface area contributed by atoms with Crippen molar-refractivity contribution in [2.24, 2.45) is 10.9 Å². The van der Waals surface area contributed by atoms with Crippen molar-refractivity contribution >= 4 is 11.9 Å². The Morgan fingerprint density at radius 3 is 2.54 bits per heavy atom. The van der Waals surface area contributed by atoms with Gasteiger partial charge in [0, 0.05) is 58.6 Å². The number of nitrogens with zero attached hydrogens (tertiary/aromatic N) is 5. The number of amides is 1. The molecular formula is C17H30N6O. The predicted molar refractivity (Wildman–Crippen MR) is 95.7 cm³/mol. The number of imidazole rings is 1. The highest BCUT2D eigenvalue weighted by Crippen LogP contribution is 2.07. The number of hydrogen-bond donors (Lipinski definition) is 1. The molecule has 2 rings (SSSR count). The van der Waals surface area contributed by atoms with Crippen molar-refractivity contribution in [2.45, 2.75) is 40.8 Å². The summed E-state index contributed by atoms with van der Waals surface area (Å²) in [7, 11) is 0. The lowest BCUT2D eigenvalue weighted by Crippen LogP contribution is -2.53. The molecule has 1 aliphatic rings. The summed E-state index contributed by atoms with van der Waals surface area (Å²) >= 11 is 0. The number of guanidine groups is 1. The van der Waals surface area contributed by atoms with Gasteiger partial charge in [-0.25, -0.2) is 9.98 Å². The third-order valence-electron chi connectivity index (χ3n) is 4.09. The van der Waals surface area contributed by atoms with E-state index in [9.17, 15) is 4.79 Å². The number of carbonyl (C=O) groups excluding carboxylic acids is 1. The minimum atomic E-state index is 0.146. The Morgan fingerprint density at radius 2 is 1.96 bits per heavy atom. The molecule has 0 saturated carbocycles. The van der Waals surface area contributed by atoms with Gasteiger partial charge in [-0.2, -0.15) is 0 Å². The molecule has 1 N–H and O–H groups in total. The van der Waals surface area contributed by atoms with Gasteiger partial charge in [-0.05, 0) is 12.8 Å². The molecule has 0 aliphatic carbocycles. The van der Waals surface area contributed by atoms with Crippen LogP contribution in [0.3, 0.4) is 0 Å². The largest absolute Gasteiger partial charge is 0.357 e. The zero-order valence-corrected chi connectivity index (χ0v) is 15.3. The van der Waals surface area contributed by atoms with Gasteiger partial charge in [0.2, 0.25) is 5.91 Å². The highest BCUT2D eigenvalue weighted by atomic mass is 16.2. The van der Waals surface area contributed by atoms with Crippen molar-refractivity contribution in [1.82, 2.24) is 24.7 Å². The van der Waals surface area contributed by atoms with E-state index in [0.717, 1.165) is 51.1 Å². The van der Waals surface area contributed by atoms with Crippen molar-refractivity contribution in [3.63, 3.8) is 0 Å². The van der Waals surface area contributed by atoms with Crippen LogP contribution in [0.2, 0.25) is 0 Å². The molecule has 0 radical (unpaired) electrons. The summed E-state index contributed by atoms with van der Waals surface area (Å²) in [5.74, 6) is 2.61. The lowest BCUT2D eigenvalue weighted by Gasteiger charge is -2.36. The molecule has 7 heteroatoms. The van der Waals surface area contributed by atoms with Crippen molar-refractivity contribution in [3.8, 4) is 0 Å². The number of carbonyl (C=O) groups is 1. The summed E-state index contributed by atoms with van der Waals surface area (Å²) in [6.07, 6.45) is 3.86. The smallest absolute Gasteiger partial charge is 0.219 e. The molecule has 0 bridgehead atoms. The van der Waals surface area contributed by atoms with Gasteiger partial charge >= 0.3 is 0 Å². The number of aromatic nitrogens is 2. The van der Waals surface area contributed by atoms with Crippen LogP contribution in [0.15, 0.2) is 17.4 Å². The predicted octanol–water partition coefficient (Wildman–Crippen LogP) is 1.17. The molecule has 24 heavy (non-hydrogen) atoms. The van der Waals surface area contributed by atoms with E-state index < -0.39 is 0 Å². The second kappa shape index (κ2) is 8.70. The van der Waals surface area contributed by atoms with Crippen LogP contribution in [0.5, 0.6) is 0 Å². The molecule has 1 aromatic heterocycles. The summed E-state index contributed by atoms with van der Waals surface area (Å²) < 4.78 is 2.17. The summed E-state index contributed by atoms with van der Waals surface area (Å²) in [5, 5.41) is 3.35. The monoisotopic (exact) mass is 334 g/mol. The normalized spacial score (nSPS) is 16.0. The molecule has 7 nitrogen and oxygen atoms in total. The number of piperazine rings is 1. The van der Waals surface area contributed by atoms with Crippen molar-refractivity contribution in [1.29, 1.82) is 0 Å². The number of nitrogens with one attached hydrogen (secondary N) is 1. The average molecular weight is 334 g/mol. The lowest BCUT2D eigenvalue weighted by atomic mass is 10.2. The van der Waals surface area contributed by atoms with Gasteiger partial charge < -0.3 is 19.7 Å². The molecule has 0 spiro atoms. The van der Waals surface area contributed by atoms with Gasteiger partial charge in [0.1, 0.15) is 12.4 Å². The average Bonchev–Trinajstić information content (AvgIpc) is 2.98. The van der Waals surface area contributed by atoms with Crippen LogP contribution >= 0.6 is 0 Å². The van der Waals surface area contributed by atoms with Gasteiger partial charge in [-0.3, -0.25) is 4.79 Å². The molecule has 134 valence electrons. The molecule has 0 atom stereocenters. The van der Waals surface area contributed by atoms with Gasteiger partial charge in [0.05, 0.1) is 0 Å². The Balaban J connectivity index is 2.01. The minimum Gasteiger partial charge on any atom is -0.357 e. The Labute approximate surface area is 144 Å². The fourth-order valence-corrected chi connectivity index (χ4v) is 2.86. The second-order valence-corrected chi connectivity index (χ2v) is 6.55. The Morgan fingerprint density at radius 1 is 1.29 bits per heavy atom. The second-order valence-electron chi connectivity index (χ2n) is 6.55. The number of hydrogen-bond acceptors (Lipinski definition) is 3. The van der Waals surface area contributed by atoms with Crippen LogP contribution < -0.4 is 5.32 Å². The van der Waals surface area contributed by atoms with E-state index in [4.69, 9.17) is 4.99 Å². The van der Waals surface area contributed by atoms with Crippen LogP contribution in [0.25, 0.3) is 0 Å². The highest BCUT2D eigenvalue weighted by molar-refractivity contribution is 5.80. The molecule has 1 saturated heterocycles.